The highest BCUT2D eigenvalue weighted by Crippen LogP contribution is 2.53. The Morgan fingerprint density at radius 1 is 1.00 bits per heavy atom. The number of fused-ring (bicyclic) bond motifs is 2. The van der Waals surface area contributed by atoms with Crippen molar-refractivity contribution < 1.29 is 10.2 Å². The van der Waals surface area contributed by atoms with E-state index in [1.165, 1.54) is 12.8 Å². The van der Waals surface area contributed by atoms with E-state index >= 15 is 0 Å². The standard InChI is InChI=1S/C12H22O2/c1-8-3-10-4-9(2)6-12(5-8,7-10)11(13)14/h8-11,13-14H,3-7H2,1-2H3. The van der Waals surface area contributed by atoms with Crippen molar-refractivity contribution in [1.29, 1.82) is 0 Å². The Kier molecular flexibility index (Phi) is 2.61. The minimum atomic E-state index is -1.10. The molecule has 2 aliphatic rings. The lowest BCUT2D eigenvalue weighted by atomic mass is 9.56. The zero-order chi connectivity index (χ0) is 10.3. The third-order valence-electron chi connectivity index (χ3n) is 4.22. The third kappa shape index (κ3) is 1.70. The van der Waals surface area contributed by atoms with Gasteiger partial charge in [0.2, 0.25) is 0 Å². The maximum atomic E-state index is 9.57. The van der Waals surface area contributed by atoms with Gasteiger partial charge < -0.3 is 10.2 Å². The van der Waals surface area contributed by atoms with Crippen LogP contribution in [-0.4, -0.2) is 16.5 Å². The lowest BCUT2D eigenvalue weighted by molar-refractivity contribution is -0.182. The molecular formula is C12H22O2. The van der Waals surface area contributed by atoms with E-state index in [2.05, 4.69) is 13.8 Å². The van der Waals surface area contributed by atoms with Crippen molar-refractivity contribution in [1.82, 2.24) is 0 Å². The summed E-state index contributed by atoms with van der Waals surface area (Å²) in [5, 5.41) is 19.1. The molecule has 2 nitrogen and oxygen atoms in total. The summed E-state index contributed by atoms with van der Waals surface area (Å²) in [6.07, 6.45) is 4.53. The Morgan fingerprint density at radius 3 is 1.93 bits per heavy atom. The predicted molar refractivity (Wildman–Crippen MR) is 55.6 cm³/mol. The van der Waals surface area contributed by atoms with Crippen molar-refractivity contribution in [2.45, 2.75) is 52.2 Å². The number of aliphatic hydroxyl groups excluding tert-OH is 1. The molecule has 0 spiro atoms. The fourth-order valence-electron chi connectivity index (χ4n) is 4.10. The maximum Gasteiger partial charge on any atom is 0.157 e. The van der Waals surface area contributed by atoms with Crippen LogP contribution in [0.25, 0.3) is 0 Å². The van der Waals surface area contributed by atoms with Crippen LogP contribution in [0.1, 0.15) is 46.0 Å². The van der Waals surface area contributed by atoms with Gasteiger partial charge in [-0.25, -0.2) is 0 Å². The van der Waals surface area contributed by atoms with Crippen molar-refractivity contribution in [3.63, 3.8) is 0 Å². The molecule has 2 unspecified atom stereocenters. The van der Waals surface area contributed by atoms with Gasteiger partial charge in [0.1, 0.15) is 0 Å². The molecule has 2 aliphatic carbocycles. The number of aliphatic hydroxyl groups is 2. The van der Waals surface area contributed by atoms with Crippen LogP contribution in [0.5, 0.6) is 0 Å². The molecule has 0 heterocycles. The lowest BCUT2D eigenvalue weighted by Crippen LogP contribution is -2.46. The average Bonchev–Trinajstić information content (AvgIpc) is 2.00. The van der Waals surface area contributed by atoms with E-state index in [0.29, 0.717) is 11.8 Å². The van der Waals surface area contributed by atoms with Crippen molar-refractivity contribution in [3.05, 3.63) is 0 Å². The van der Waals surface area contributed by atoms with Gasteiger partial charge >= 0.3 is 0 Å². The summed E-state index contributed by atoms with van der Waals surface area (Å²) < 4.78 is 0. The Balaban J connectivity index is 2.19. The first kappa shape index (κ1) is 10.4. The quantitative estimate of drug-likeness (QED) is 0.634. The highest BCUT2D eigenvalue weighted by atomic mass is 16.5. The summed E-state index contributed by atoms with van der Waals surface area (Å²) >= 11 is 0. The summed E-state index contributed by atoms with van der Waals surface area (Å²) in [6.45, 7) is 4.50. The fraction of sp³-hybridized carbons (Fsp3) is 1.00. The first-order valence-electron chi connectivity index (χ1n) is 5.88. The van der Waals surface area contributed by atoms with Gasteiger partial charge in [0.25, 0.3) is 0 Å². The average molecular weight is 198 g/mol. The maximum absolute atomic E-state index is 9.57. The zero-order valence-electron chi connectivity index (χ0n) is 9.24. The molecule has 0 aromatic rings. The number of hydrogen-bond donors (Lipinski definition) is 2. The predicted octanol–water partition coefficient (Wildman–Crippen LogP) is 2.15. The van der Waals surface area contributed by atoms with E-state index < -0.39 is 6.29 Å². The second kappa shape index (κ2) is 3.49. The molecule has 0 aliphatic heterocycles. The minimum absolute atomic E-state index is 0.167. The van der Waals surface area contributed by atoms with Gasteiger partial charge in [-0.2, -0.15) is 0 Å². The molecule has 14 heavy (non-hydrogen) atoms. The Bertz CT molecular complexity index is 193. The van der Waals surface area contributed by atoms with E-state index in [9.17, 15) is 10.2 Å². The molecule has 2 atom stereocenters. The largest absolute Gasteiger partial charge is 0.368 e. The molecule has 2 rings (SSSR count). The monoisotopic (exact) mass is 198 g/mol. The van der Waals surface area contributed by atoms with Crippen LogP contribution in [0, 0.1) is 23.2 Å². The van der Waals surface area contributed by atoms with Gasteiger partial charge in [-0.15, -0.1) is 0 Å². The third-order valence-corrected chi connectivity index (χ3v) is 4.22. The summed E-state index contributed by atoms with van der Waals surface area (Å²) in [5.41, 5.74) is -0.167. The van der Waals surface area contributed by atoms with Gasteiger partial charge in [-0.3, -0.25) is 0 Å². The summed E-state index contributed by atoms with van der Waals surface area (Å²) in [5.74, 6) is 2.08. The minimum Gasteiger partial charge on any atom is -0.368 e. The molecule has 2 saturated carbocycles. The van der Waals surface area contributed by atoms with Crippen LogP contribution in [0.15, 0.2) is 0 Å². The Labute approximate surface area is 86.3 Å². The van der Waals surface area contributed by atoms with Crippen LogP contribution in [0.2, 0.25) is 0 Å². The molecule has 0 aromatic carbocycles. The molecule has 0 radical (unpaired) electrons. The van der Waals surface area contributed by atoms with Gasteiger partial charge in [-0.1, -0.05) is 13.8 Å². The van der Waals surface area contributed by atoms with Crippen molar-refractivity contribution in [2.24, 2.45) is 23.2 Å². The van der Waals surface area contributed by atoms with E-state index in [1.807, 2.05) is 0 Å². The van der Waals surface area contributed by atoms with Gasteiger partial charge in [-0.05, 0) is 49.9 Å². The molecular weight excluding hydrogens is 176 g/mol. The van der Waals surface area contributed by atoms with Crippen LogP contribution < -0.4 is 0 Å². The zero-order valence-corrected chi connectivity index (χ0v) is 9.24. The highest BCUT2D eigenvalue weighted by molar-refractivity contribution is 4.95. The topological polar surface area (TPSA) is 40.5 Å². The van der Waals surface area contributed by atoms with E-state index in [-0.39, 0.29) is 5.41 Å². The van der Waals surface area contributed by atoms with Crippen LogP contribution in [0.3, 0.4) is 0 Å². The van der Waals surface area contributed by atoms with Gasteiger partial charge in [0.15, 0.2) is 6.29 Å². The highest BCUT2D eigenvalue weighted by Gasteiger charge is 2.47. The first-order valence-corrected chi connectivity index (χ1v) is 5.88. The van der Waals surface area contributed by atoms with E-state index in [1.54, 1.807) is 0 Å². The second-order valence-corrected chi connectivity index (χ2v) is 5.90. The number of rotatable bonds is 1. The van der Waals surface area contributed by atoms with Gasteiger partial charge in [0, 0.05) is 5.41 Å². The van der Waals surface area contributed by atoms with Crippen LogP contribution >= 0.6 is 0 Å². The number of hydrogen-bond acceptors (Lipinski definition) is 2. The summed E-state index contributed by atoms with van der Waals surface area (Å²) in [4.78, 5) is 0. The molecule has 0 aromatic heterocycles. The van der Waals surface area contributed by atoms with Crippen molar-refractivity contribution >= 4 is 0 Å². The Morgan fingerprint density at radius 2 is 1.50 bits per heavy atom. The van der Waals surface area contributed by atoms with E-state index in [4.69, 9.17) is 0 Å². The summed E-state index contributed by atoms with van der Waals surface area (Å²) in [6, 6.07) is 0. The first-order chi connectivity index (χ1) is 6.52. The lowest BCUT2D eigenvalue weighted by Gasteiger charge is -2.50. The fourth-order valence-corrected chi connectivity index (χ4v) is 4.10. The van der Waals surface area contributed by atoms with Gasteiger partial charge in [0.05, 0.1) is 0 Å². The van der Waals surface area contributed by atoms with Crippen molar-refractivity contribution in [3.8, 4) is 0 Å². The molecule has 0 amide bonds. The SMILES string of the molecule is CC1CC2CC(C)CC(C(O)O)(C1)C2. The Hall–Kier alpha value is -0.0800. The summed E-state index contributed by atoms with van der Waals surface area (Å²) in [7, 11) is 0. The molecule has 2 heteroatoms. The van der Waals surface area contributed by atoms with E-state index in [0.717, 1.165) is 25.2 Å². The normalized spacial score (nSPS) is 48.2. The molecule has 2 fully saturated rings. The molecule has 82 valence electrons. The molecule has 0 saturated heterocycles. The molecule has 2 N–H and O–H groups in total. The van der Waals surface area contributed by atoms with Crippen LogP contribution in [-0.2, 0) is 0 Å². The smallest absolute Gasteiger partial charge is 0.157 e. The van der Waals surface area contributed by atoms with Crippen LogP contribution in [0.4, 0.5) is 0 Å². The second-order valence-electron chi connectivity index (χ2n) is 5.90. The van der Waals surface area contributed by atoms with Crippen molar-refractivity contribution in [2.75, 3.05) is 0 Å². The molecule has 2 bridgehead atoms.